The summed E-state index contributed by atoms with van der Waals surface area (Å²) in [5, 5.41) is 6.93. The molecule has 4 heteroatoms. The van der Waals surface area contributed by atoms with E-state index in [4.69, 9.17) is 16.7 Å². The Hall–Kier alpha value is -1.35. The molecule has 1 amide bonds. The van der Waals surface area contributed by atoms with Gasteiger partial charge in [0.05, 0.1) is 22.8 Å². The molecule has 5 aliphatic rings. The van der Waals surface area contributed by atoms with Crippen molar-refractivity contribution >= 4 is 28.9 Å². The minimum Gasteiger partial charge on any atom is -0.272 e. The first kappa shape index (κ1) is 13.1. The summed E-state index contributed by atoms with van der Waals surface area (Å²) in [5.41, 5.74) is 2.10. The quantitative estimate of drug-likeness (QED) is 0.803. The third kappa shape index (κ3) is 1.63. The number of nitrogens with zero attached hydrogens (tertiary/aromatic N) is 2. The van der Waals surface area contributed by atoms with Gasteiger partial charge in [-0.2, -0.15) is 10.1 Å². The van der Waals surface area contributed by atoms with Crippen molar-refractivity contribution in [1.29, 1.82) is 0 Å². The lowest BCUT2D eigenvalue weighted by Gasteiger charge is -2.32. The lowest BCUT2D eigenvalue weighted by atomic mass is 9.71. The molecule has 2 atom stereocenters. The van der Waals surface area contributed by atoms with Gasteiger partial charge in [-0.1, -0.05) is 23.7 Å². The number of amides is 1. The Balaban J connectivity index is 1.54. The van der Waals surface area contributed by atoms with Crippen LogP contribution in [-0.4, -0.2) is 11.6 Å². The Labute approximate surface area is 135 Å². The second-order valence-electron chi connectivity index (χ2n) is 7.58. The summed E-state index contributed by atoms with van der Waals surface area (Å²) in [6.45, 7) is 0. The van der Waals surface area contributed by atoms with Gasteiger partial charge in [0.25, 0.3) is 5.91 Å². The molecule has 1 heterocycles. The highest BCUT2D eigenvalue weighted by atomic mass is 35.5. The van der Waals surface area contributed by atoms with Crippen LogP contribution in [0.4, 0.5) is 5.69 Å². The van der Waals surface area contributed by atoms with Crippen molar-refractivity contribution in [2.24, 2.45) is 28.3 Å². The molecule has 1 aromatic carbocycles. The number of hydrogen-bond donors (Lipinski definition) is 0. The first-order chi connectivity index (χ1) is 10.7. The predicted octanol–water partition coefficient (Wildman–Crippen LogP) is 4.26. The van der Waals surface area contributed by atoms with E-state index in [-0.39, 0.29) is 11.3 Å². The molecular weight excluding hydrogens is 296 g/mol. The summed E-state index contributed by atoms with van der Waals surface area (Å²) in [4.78, 5) is 12.5. The van der Waals surface area contributed by atoms with Gasteiger partial charge in [0, 0.05) is 5.41 Å². The van der Waals surface area contributed by atoms with E-state index in [1.807, 2.05) is 24.3 Å². The summed E-state index contributed by atoms with van der Waals surface area (Å²) in [5.74, 6) is 2.60. The summed E-state index contributed by atoms with van der Waals surface area (Å²) < 4.78 is 0. The second-order valence-corrected chi connectivity index (χ2v) is 7.99. The average Bonchev–Trinajstić information content (AvgIpc) is 3.07. The largest absolute Gasteiger partial charge is 0.272 e. The maximum absolute atomic E-state index is 12.5. The van der Waals surface area contributed by atoms with Gasteiger partial charge in [0.2, 0.25) is 0 Å². The first-order valence-corrected chi connectivity index (χ1v) is 8.69. The van der Waals surface area contributed by atoms with Crippen LogP contribution >= 0.6 is 11.6 Å². The van der Waals surface area contributed by atoms with Gasteiger partial charge in [-0.25, -0.2) is 0 Å². The highest BCUT2D eigenvalue weighted by molar-refractivity contribution is 6.34. The molecule has 4 saturated carbocycles. The van der Waals surface area contributed by atoms with Crippen molar-refractivity contribution in [3.05, 3.63) is 29.3 Å². The number of hydrogen-bond acceptors (Lipinski definition) is 2. The SMILES string of the molecule is O=C1CC(C23CC4CC(CC2C4)C3)=NN1c1ccccc1Cl. The van der Waals surface area contributed by atoms with E-state index in [1.165, 1.54) is 32.1 Å². The van der Waals surface area contributed by atoms with Crippen LogP contribution in [0.2, 0.25) is 5.02 Å². The zero-order chi connectivity index (χ0) is 14.9. The molecule has 3 nitrogen and oxygen atoms in total. The standard InChI is InChI=1S/C18H19ClN2O/c19-14-3-1-2-4-15(14)21-17(22)8-16(20-21)18-9-11-5-12(10-18)7-13(18)6-11/h1-4,11-13H,5-10H2. The molecule has 1 aromatic rings. The van der Waals surface area contributed by atoms with E-state index in [1.54, 1.807) is 5.01 Å². The van der Waals surface area contributed by atoms with Crippen LogP contribution in [-0.2, 0) is 4.79 Å². The maximum Gasteiger partial charge on any atom is 0.253 e. The van der Waals surface area contributed by atoms with Gasteiger partial charge in [0.15, 0.2) is 0 Å². The Morgan fingerprint density at radius 1 is 1.14 bits per heavy atom. The minimum atomic E-state index is 0.0729. The fraction of sp³-hybridized carbons (Fsp3) is 0.556. The maximum atomic E-state index is 12.5. The molecule has 4 fully saturated rings. The highest BCUT2D eigenvalue weighted by Crippen LogP contribution is 2.66. The van der Waals surface area contributed by atoms with Crippen LogP contribution in [0.15, 0.2) is 29.4 Å². The summed E-state index contributed by atoms with van der Waals surface area (Å²) in [6.07, 6.45) is 7.13. The van der Waals surface area contributed by atoms with Crippen molar-refractivity contribution in [1.82, 2.24) is 0 Å². The van der Waals surface area contributed by atoms with Crippen LogP contribution in [0.1, 0.15) is 38.5 Å². The number of rotatable bonds is 2. The van der Waals surface area contributed by atoms with Crippen molar-refractivity contribution in [3.8, 4) is 0 Å². The summed E-state index contributed by atoms with van der Waals surface area (Å²) in [7, 11) is 0. The number of carbonyl (C=O) groups excluding carboxylic acids is 1. The Kier molecular flexibility index (Phi) is 2.59. The van der Waals surface area contributed by atoms with Crippen LogP contribution < -0.4 is 5.01 Å². The van der Waals surface area contributed by atoms with E-state index >= 15 is 0 Å². The molecule has 6 rings (SSSR count). The normalized spacial score (nSPS) is 39.0. The van der Waals surface area contributed by atoms with Crippen molar-refractivity contribution < 1.29 is 4.79 Å². The van der Waals surface area contributed by atoms with Crippen molar-refractivity contribution in [2.75, 3.05) is 5.01 Å². The van der Waals surface area contributed by atoms with E-state index < -0.39 is 0 Å². The first-order valence-electron chi connectivity index (χ1n) is 8.31. The molecular formula is C18H19ClN2O. The highest BCUT2D eigenvalue weighted by Gasteiger charge is 2.61. The zero-order valence-corrected chi connectivity index (χ0v) is 13.2. The molecule has 0 aromatic heterocycles. The van der Waals surface area contributed by atoms with E-state index in [0.29, 0.717) is 11.4 Å². The minimum absolute atomic E-state index is 0.0729. The summed E-state index contributed by atoms with van der Waals surface area (Å²) in [6, 6.07) is 7.48. The molecule has 0 N–H and O–H groups in total. The van der Waals surface area contributed by atoms with Gasteiger partial charge < -0.3 is 0 Å². The van der Waals surface area contributed by atoms with Gasteiger partial charge in [-0.3, -0.25) is 4.79 Å². The molecule has 0 radical (unpaired) electrons. The fourth-order valence-electron chi connectivity index (χ4n) is 5.78. The van der Waals surface area contributed by atoms with E-state index in [0.717, 1.165) is 29.2 Å². The predicted molar refractivity (Wildman–Crippen MR) is 87.0 cm³/mol. The van der Waals surface area contributed by atoms with E-state index in [9.17, 15) is 4.79 Å². The number of para-hydroxylation sites is 1. The fourth-order valence-corrected chi connectivity index (χ4v) is 6.00. The smallest absolute Gasteiger partial charge is 0.253 e. The number of anilines is 1. The van der Waals surface area contributed by atoms with Crippen LogP contribution in [0, 0.1) is 23.2 Å². The molecule has 22 heavy (non-hydrogen) atoms. The Morgan fingerprint density at radius 2 is 1.86 bits per heavy atom. The van der Waals surface area contributed by atoms with Gasteiger partial charge in [-0.05, 0) is 62.0 Å². The van der Waals surface area contributed by atoms with Gasteiger partial charge in [-0.15, -0.1) is 0 Å². The van der Waals surface area contributed by atoms with Crippen LogP contribution in [0.3, 0.4) is 0 Å². The molecule has 114 valence electrons. The number of hydrazone groups is 1. The second kappa shape index (κ2) is 4.35. The number of benzene rings is 1. The lowest BCUT2D eigenvalue weighted by molar-refractivity contribution is -0.117. The number of halogens is 1. The third-order valence-corrected chi connectivity index (χ3v) is 6.74. The molecule has 4 aliphatic carbocycles. The summed E-state index contributed by atoms with van der Waals surface area (Å²) >= 11 is 6.25. The molecule has 1 aliphatic heterocycles. The van der Waals surface area contributed by atoms with Gasteiger partial charge >= 0.3 is 0 Å². The van der Waals surface area contributed by atoms with Crippen LogP contribution in [0.5, 0.6) is 0 Å². The van der Waals surface area contributed by atoms with Crippen molar-refractivity contribution in [2.45, 2.75) is 38.5 Å². The molecule has 0 saturated heterocycles. The molecule has 0 spiro atoms. The Morgan fingerprint density at radius 3 is 2.59 bits per heavy atom. The monoisotopic (exact) mass is 314 g/mol. The zero-order valence-electron chi connectivity index (χ0n) is 12.5. The molecule has 4 bridgehead atoms. The molecule has 2 unspecified atom stereocenters. The van der Waals surface area contributed by atoms with E-state index in [2.05, 4.69) is 0 Å². The Bertz CT molecular complexity index is 684. The van der Waals surface area contributed by atoms with Crippen molar-refractivity contribution in [3.63, 3.8) is 0 Å². The van der Waals surface area contributed by atoms with Gasteiger partial charge in [0.1, 0.15) is 0 Å². The topological polar surface area (TPSA) is 32.7 Å². The number of carbonyl (C=O) groups is 1. The average molecular weight is 315 g/mol. The van der Waals surface area contributed by atoms with Crippen LogP contribution in [0.25, 0.3) is 0 Å². The third-order valence-electron chi connectivity index (χ3n) is 6.42. The lowest BCUT2D eigenvalue weighted by Crippen LogP contribution is -2.32.